The van der Waals surface area contributed by atoms with Gasteiger partial charge in [-0.3, -0.25) is 37.0 Å². The largest absolute Gasteiger partial charge is 0.497 e. The molecule has 0 amide bonds. The van der Waals surface area contributed by atoms with Crippen LogP contribution in [0.3, 0.4) is 0 Å². The highest BCUT2D eigenvalue weighted by Gasteiger charge is 2.52. The number of aromatic amines is 1. The number of nitrogens with one attached hydrogen (secondary N) is 1. The molecule has 2 bridgehead atoms. The molecule has 5 aromatic rings. The lowest BCUT2D eigenvalue weighted by atomic mass is 10.1. The van der Waals surface area contributed by atoms with Gasteiger partial charge in [0.1, 0.15) is 41.7 Å². The second-order valence-electron chi connectivity index (χ2n) is 12.9. The van der Waals surface area contributed by atoms with Crippen LogP contribution in [0.2, 0.25) is 0 Å². The molecule has 3 aromatic heterocycles. The van der Waals surface area contributed by atoms with E-state index >= 15 is 8.78 Å². The Kier molecular flexibility index (Phi) is 13.0. The van der Waals surface area contributed by atoms with Crippen LogP contribution in [0.1, 0.15) is 28.4 Å². The number of hydrogen-bond donors (Lipinski definition) is 3. The van der Waals surface area contributed by atoms with Crippen LogP contribution in [0.15, 0.2) is 83.0 Å². The Bertz CT molecular complexity index is 2550. The standard InChI is InChI=1S/C34H35F2N7O14P2S/c1-50-20-9-5-19(6-10-20)33(45)54-21-7-3-18(4-8-21)15-60-59(49)53-13-22(51-2)26(36)31(43-17-40-27-29(37)38-16-39-30(27)43)57-58(47,48)52-14-23-25(35)28(56-59)32(55-23)42-12-11-24(44)41-34(42)46/h3-12,16-17,22-23,25-26,28,31-32H,13-15H2,1-2H3,(H,47,48)(H2,37,38,39)(H,41,44,46)/t22-,23-,25-,26-,28-,31-,32-,59?/m1/s1. The molecule has 60 heavy (non-hydrogen) atoms. The SMILES string of the molecule is COc1ccc(C(=O)Oc2ccc(CSP3(=O)OC[C@@H](OC)[C@@H](F)[C@H](n4cnc5c(N)ncnc54)OP(=O)(O)OC[C@H]4O[C@@H](n5ccc(=O)[nH]c5=O)[C@H](O3)[C@@H]4F)cc2)cc1. The van der Waals surface area contributed by atoms with Crippen molar-refractivity contribution in [1.82, 2.24) is 29.1 Å². The molecular formula is C34H35F2N7O14P2S. The lowest BCUT2D eigenvalue weighted by Gasteiger charge is -2.31. The number of carbonyl (C=O) groups is 1. The monoisotopic (exact) mass is 897 g/mol. The highest BCUT2D eigenvalue weighted by Crippen LogP contribution is 2.64. The molecule has 26 heteroatoms. The zero-order valence-corrected chi connectivity index (χ0v) is 33.8. The first kappa shape index (κ1) is 43.2. The zero-order chi connectivity index (χ0) is 42.8. The number of nitrogen functional groups attached to an aromatic ring is 1. The lowest BCUT2D eigenvalue weighted by molar-refractivity contribution is -0.0799. The second kappa shape index (κ2) is 18.0. The maximum Gasteiger partial charge on any atom is 0.474 e. The number of halogens is 2. The first-order chi connectivity index (χ1) is 28.7. The van der Waals surface area contributed by atoms with Crippen LogP contribution in [0.4, 0.5) is 14.6 Å². The van der Waals surface area contributed by atoms with E-state index in [4.69, 9.17) is 42.8 Å². The van der Waals surface area contributed by atoms with Crippen molar-refractivity contribution in [2.75, 3.05) is 33.2 Å². The van der Waals surface area contributed by atoms with E-state index in [-0.39, 0.29) is 34.0 Å². The van der Waals surface area contributed by atoms with E-state index < -0.39 is 88.2 Å². The molecule has 0 spiro atoms. The molecule has 4 N–H and O–H groups in total. The summed E-state index contributed by atoms with van der Waals surface area (Å²) in [6, 6.07) is 13.2. The Balaban J connectivity index is 1.19. The number of methoxy groups -OCH3 is 2. The van der Waals surface area contributed by atoms with Gasteiger partial charge in [0.2, 0.25) is 0 Å². The summed E-state index contributed by atoms with van der Waals surface area (Å²) in [6.07, 6.45) is -11.2. The molecule has 9 atom stereocenters. The fourth-order valence-corrected chi connectivity index (χ4v) is 10.3. The number of alkyl halides is 2. The Morgan fingerprint density at radius 2 is 1.68 bits per heavy atom. The number of aromatic nitrogens is 6. The van der Waals surface area contributed by atoms with Crippen molar-refractivity contribution in [1.29, 1.82) is 0 Å². The summed E-state index contributed by atoms with van der Waals surface area (Å²) in [7, 11) is -2.79. The number of imidazole rings is 1. The third-order valence-electron chi connectivity index (χ3n) is 9.12. The topological polar surface area (TPSA) is 270 Å². The quantitative estimate of drug-likeness (QED) is 0.108. The molecule has 0 radical (unpaired) electrons. The van der Waals surface area contributed by atoms with Gasteiger partial charge in [0.25, 0.3) is 5.56 Å². The highest BCUT2D eigenvalue weighted by atomic mass is 32.7. The summed E-state index contributed by atoms with van der Waals surface area (Å²) < 4.78 is 107. The van der Waals surface area contributed by atoms with Gasteiger partial charge in [-0.25, -0.2) is 42.5 Å². The third kappa shape index (κ3) is 9.52. The van der Waals surface area contributed by atoms with Crippen molar-refractivity contribution < 1.29 is 64.6 Å². The van der Waals surface area contributed by atoms with Crippen molar-refractivity contribution >= 4 is 49.0 Å². The van der Waals surface area contributed by atoms with Crippen LogP contribution in [0.5, 0.6) is 11.5 Å². The number of ether oxygens (including phenoxy) is 4. The molecule has 7 rings (SSSR count). The summed E-state index contributed by atoms with van der Waals surface area (Å²) in [5.41, 5.74) is 4.63. The minimum absolute atomic E-state index is 0.0152. The van der Waals surface area contributed by atoms with Crippen LogP contribution in [-0.4, -0.2) is 98.0 Å². The molecule has 2 saturated heterocycles. The van der Waals surface area contributed by atoms with E-state index in [1.54, 1.807) is 24.3 Å². The molecule has 21 nitrogen and oxygen atoms in total. The molecule has 2 aliphatic rings. The Labute approximate surface area is 340 Å². The van der Waals surface area contributed by atoms with Gasteiger partial charge in [-0.05, 0) is 53.3 Å². The number of nitrogens with two attached hydrogens (primary N) is 1. The second-order valence-corrected chi connectivity index (χ2v) is 18.4. The van der Waals surface area contributed by atoms with Crippen LogP contribution in [0, 0.1) is 0 Å². The Morgan fingerprint density at radius 1 is 0.950 bits per heavy atom. The summed E-state index contributed by atoms with van der Waals surface area (Å²) >= 11 is 0.545. The van der Waals surface area contributed by atoms with Gasteiger partial charge in [-0.2, -0.15) is 0 Å². The number of nitrogens with zero attached hydrogens (tertiary/aromatic N) is 5. The molecule has 2 aromatic carbocycles. The average molecular weight is 898 g/mol. The van der Waals surface area contributed by atoms with Gasteiger partial charge in [0, 0.05) is 25.1 Å². The van der Waals surface area contributed by atoms with Gasteiger partial charge in [-0.15, -0.1) is 0 Å². The number of phosphoric acid groups is 1. The van der Waals surface area contributed by atoms with Crippen molar-refractivity contribution in [3.05, 3.63) is 105 Å². The minimum Gasteiger partial charge on any atom is -0.497 e. The summed E-state index contributed by atoms with van der Waals surface area (Å²) in [4.78, 5) is 62.2. The number of H-pyrrole nitrogens is 1. The molecule has 2 unspecified atom stereocenters. The van der Waals surface area contributed by atoms with E-state index in [0.717, 1.165) is 41.2 Å². The van der Waals surface area contributed by atoms with Crippen LogP contribution >= 0.6 is 26.0 Å². The van der Waals surface area contributed by atoms with Crippen LogP contribution in [0.25, 0.3) is 11.2 Å². The smallest absolute Gasteiger partial charge is 0.474 e. The number of esters is 1. The van der Waals surface area contributed by atoms with Crippen molar-refractivity contribution in [3.8, 4) is 11.5 Å². The molecule has 320 valence electrons. The number of anilines is 1. The molecule has 2 aliphatic heterocycles. The summed E-state index contributed by atoms with van der Waals surface area (Å²) in [5.74, 6) is -0.177. The van der Waals surface area contributed by atoms with E-state index in [1.165, 1.54) is 31.4 Å². The van der Waals surface area contributed by atoms with E-state index in [1.807, 2.05) is 4.98 Å². The Hall–Kier alpha value is -4.87. The maximum atomic E-state index is 16.7. The fourth-order valence-electron chi connectivity index (χ4n) is 6.03. The molecule has 2 fully saturated rings. The van der Waals surface area contributed by atoms with Crippen LogP contribution < -0.4 is 26.5 Å². The van der Waals surface area contributed by atoms with Gasteiger partial charge in [-0.1, -0.05) is 12.1 Å². The predicted octanol–water partition coefficient (Wildman–Crippen LogP) is 3.86. The number of phosphoric ester groups is 1. The highest BCUT2D eigenvalue weighted by molar-refractivity contribution is 8.54. The number of hydrogen-bond acceptors (Lipinski definition) is 18. The van der Waals surface area contributed by atoms with Gasteiger partial charge >= 0.3 is 26.3 Å². The number of benzene rings is 2. The predicted molar refractivity (Wildman–Crippen MR) is 206 cm³/mol. The molecule has 0 aliphatic carbocycles. The first-order valence-electron chi connectivity index (χ1n) is 17.6. The Morgan fingerprint density at radius 3 is 2.38 bits per heavy atom. The van der Waals surface area contributed by atoms with Crippen LogP contribution in [-0.2, 0) is 42.5 Å². The van der Waals surface area contributed by atoms with E-state index in [9.17, 15) is 28.4 Å². The van der Waals surface area contributed by atoms with Gasteiger partial charge in [0.15, 0.2) is 36.3 Å². The maximum absolute atomic E-state index is 16.7. The minimum atomic E-state index is -5.35. The zero-order valence-electron chi connectivity index (χ0n) is 31.2. The van der Waals surface area contributed by atoms with E-state index in [2.05, 4.69) is 15.0 Å². The van der Waals surface area contributed by atoms with Crippen molar-refractivity contribution in [2.45, 2.75) is 48.9 Å². The van der Waals surface area contributed by atoms with Gasteiger partial charge < -0.3 is 29.6 Å². The molecule has 5 heterocycles. The summed E-state index contributed by atoms with van der Waals surface area (Å²) in [6.45, 7) is -6.66. The van der Waals surface area contributed by atoms with Gasteiger partial charge in [0.05, 0.1) is 32.2 Å². The number of rotatable bonds is 9. The number of carbonyl (C=O) groups excluding carboxylic acids is 1. The molecular weight excluding hydrogens is 862 g/mol. The normalized spacial score (nSPS) is 28.9. The van der Waals surface area contributed by atoms with Crippen molar-refractivity contribution in [3.63, 3.8) is 0 Å². The number of fused-ring (bicyclic) bond motifs is 3. The first-order valence-corrected chi connectivity index (χ1v) is 22.2. The summed E-state index contributed by atoms with van der Waals surface area (Å²) in [5, 5.41) is 0. The molecule has 0 saturated carbocycles. The van der Waals surface area contributed by atoms with Crippen molar-refractivity contribution in [2.24, 2.45) is 0 Å². The van der Waals surface area contributed by atoms with E-state index in [0.29, 0.717) is 22.7 Å². The third-order valence-corrected chi connectivity index (χ3v) is 13.7. The lowest BCUT2D eigenvalue weighted by Crippen LogP contribution is -2.39. The average Bonchev–Trinajstić information content (AvgIpc) is 3.80. The fraction of sp³-hybridized carbons (Fsp3) is 0.353.